The van der Waals surface area contributed by atoms with Gasteiger partial charge in [-0.2, -0.15) is 0 Å². The Morgan fingerprint density at radius 2 is 2.03 bits per heavy atom. The van der Waals surface area contributed by atoms with E-state index in [0.29, 0.717) is 19.1 Å². The van der Waals surface area contributed by atoms with E-state index in [9.17, 15) is 4.79 Å². The average molecular weight is 458 g/mol. The molecule has 2 heterocycles. The van der Waals surface area contributed by atoms with Crippen LogP contribution < -0.4 is 9.47 Å². The predicted molar refractivity (Wildman–Crippen MR) is 128 cm³/mol. The summed E-state index contributed by atoms with van der Waals surface area (Å²) in [7, 11) is 4.04. The molecule has 0 unspecified atom stereocenters. The Kier molecular flexibility index (Phi) is 4.24. The molecule has 0 radical (unpaired) electrons. The van der Waals surface area contributed by atoms with Crippen LogP contribution in [0.15, 0.2) is 54.6 Å². The molecule has 2 aromatic carbocycles. The summed E-state index contributed by atoms with van der Waals surface area (Å²) in [6.45, 7) is 1.54. The standard InChI is InChI=1S/C29H31NO4/c1-30-14-13-28-24-20-8-9-22(33-18-19-6-4-3-5-7-19)25(24)34-26(28)29(32-2)12-11-27(28,23(30)16-20)17-21(29)10-15-31/h3-9,11-12,15,21,23,26H,10,13-14,16-18H2,1-2H3/t21-,23+,26+,27+,28-,29+/m0/s1. The third kappa shape index (κ3) is 2.26. The van der Waals surface area contributed by atoms with Gasteiger partial charge in [-0.15, -0.1) is 0 Å². The fourth-order valence-corrected chi connectivity index (χ4v) is 8.42. The molecule has 0 aromatic heterocycles. The molecule has 2 spiro atoms. The van der Waals surface area contributed by atoms with E-state index in [0.717, 1.165) is 49.2 Å². The second-order valence-corrected chi connectivity index (χ2v) is 10.9. The smallest absolute Gasteiger partial charge is 0.166 e. The molecule has 5 heteroatoms. The van der Waals surface area contributed by atoms with Gasteiger partial charge < -0.3 is 23.9 Å². The largest absolute Gasteiger partial charge is 0.485 e. The van der Waals surface area contributed by atoms with E-state index in [1.165, 1.54) is 11.1 Å². The lowest BCUT2D eigenvalue weighted by Gasteiger charge is -2.71. The molecule has 1 saturated carbocycles. The van der Waals surface area contributed by atoms with Crippen LogP contribution in [0.5, 0.6) is 11.5 Å². The van der Waals surface area contributed by atoms with Crippen LogP contribution >= 0.6 is 0 Å². The number of fused-ring (bicyclic) bond motifs is 1. The third-order valence-electron chi connectivity index (χ3n) is 9.81. The molecule has 1 saturated heterocycles. The summed E-state index contributed by atoms with van der Waals surface area (Å²) in [5.74, 6) is 1.83. The number of rotatable bonds is 6. The normalized spacial score (nSPS) is 38.4. The summed E-state index contributed by atoms with van der Waals surface area (Å²) in [6.07, 6.45) is 9.08. The minimum Gasteiger partial charge on any atom is -0.485 e. The zero-order valence-corrected chi connectivity index (χ0v) is 19.8. The van der Waals surface area contributed by atoms with Gasteiger partial charge in [0.25, 0.3) is 0 Å². The minimum atomic E-state index is -0.604. The number of carbonyl (C=O) groups excluding carboxylic acids is 1. The SMILES string of the molecule is CO[C@]12C=C[C@@]3(C[C@@H]1CC=O)[C@H]1Cc4ccc(OCc5ccccc5)c5c4[C@@]3(CCN1C)[C@H]2O5. The number of ether oxygens (including phenoxy) is 3. The minimum absolute atomic E-state index is 0.0606. The first-order chi connectivity index (χ1) is 16.6. The molecule has 5 nitrogen and oxygen atoms in total. The number of methoxy groups -OCH3 is 1. The monoisotopic (exact) mass is 457 g/mol. The maximum atomic E-state index is 11.8. The van der Waals surface area contributed by atoms with Gasteiger partial charge in [-0.05, 0) is 50.0 Å². The maximum absolute atomic E-state index is 11.8. The number of aldehydes is 1. The van der Waals surface area contributed by atoms with E-state index in [-0.39, 0.29) is 22.9 Å². The molecule has 0 N–H and O–H groups in total. The van der Waals surface area contributed by atoms with Gasteiger partial charge in [0.05, 0.1) is 5.41 Å². The van der Waals surface area contributed by atoms with Crippen LogP contribution in [0.25, 0.3) is 0 Å². The van der Waals surface area contributed by atoms with Crippen molar-refractivity contribution in [1.29, 1.82) is 0 Å². The topological polar surface area (TPSA) is 48.0 Å². The summed E-state index contributed by atoms with van der Waals surface area (Å²) >= 11 is 0. The summed E-state index contributed by atoms with van der Waals surface area (Å²) in [5, 5.41) is 0. The van der Waals surface area contributed by atoms with Crippen LogP contribution in [0.2, 0.25) is 0 Å². The van der Waals surface area contributed by atoms with Crippen LogP contribution in [-0.2, 0) is 28.0 Å². The van der Waals surface area contributed by atoms with Crippen LogP contribution in [0, 0.1) is 11.3 Å². The highest BCUT2D eigenvalue weighted by Crippen LogP contribution is 2.74. The van der Waals surface area contributed by atoms with E-state index < -0.39 is 5.60 Å². The molecule has 34 heavy (non-hydrogen) atoms. The summed E-state index contributed by atoms with van der Waals surface area (Å²) in [4.78, 5) is 14.3. The predicted octanol–water partition coefficient (Wildman–Crippen LogP) is 4.07. The molecule has 6 atom stereocenters. The molecule has 8 rings (SSSR count). The highest BCUT2D eigenvalue weighted by molar-refractivity contribution is 5.66. The second-order valence-electron chi connectivity index (χ2n) is 10.9. The van der Waals surface area contributed by atoms with Gasteiger partial charge in [-0.25, -0.2) is 0 Å². The van der Waals surface area contributed by atoms with Crippen molar-refractivity contribution >= 4 is 6.29 Å². The first-order valence-corrected chi connectivity index (χ1v) is 12.5. The lowest BCUT2D eigenvalue weighted by Crippen LogP contribution is -2.78. The molecule has 2 fully saturated rings. The van der Waals surface area contributed by atoms with E-state index in [2.05, 4.69) is 48.4 Å². The third-order valence-corrected chi connectivity index (χ3v) is 9.81. The summed E-state index contributed by atoms with van der Waals surface area (Å²) < 4.78 is 19.7. The lowest BCUT2D eigenvalue weighted by atomic mass is 9.37. The number of likely N-dealkylation sites (tertiary alicyclic amines) is 1. The molecule has 4 aliphatic carbocycles. The second kappa shape index (κ2) is 6.96. The van der Waals surface area contributed by atoms with Gasteiger partial charge in [-0.3, -0.25) is 0 Å². The number of benzene rings is 2. The van der Waals surface area contributed by atoms with Crippen LogP contribution in [0.1, 0.15) is 36.0 Å². The molecule has 6 aliphatic rings. The van der Waals surface area contributed by atoms with E-state index in [4.69, 9.17) is 14.2 Å². The van der Waals surface area contributed by atoms with Crippen LogP contribution in [-0.4, -0.2) is 49.6 Å². The Morgan fingerprint density at radius 3 is 2.82 bits per heavy atom. The number of likely N-dealkylation sites (N-methyl/N-ethyl adjacent to an activating group) is 1. The van der Waals surface area contributed by atoms with Crippen molar-refractivity contribution in [3.63, 3.8) is 0 Å². The average Bonchev–Trinajstić information content (AvgIpc) is 3.23. The molecule has 176 valence electrons. The van der Waals surface area contributed by atoms with E-state index >= 15 is 0 Å². The number of hydrogen-bond donors (Lipinski definition) is 0. The first kappa shape index (κ1) is 20.7. The van der Waals surface area contributed by atoms with Gasteiger partial charge in [-0.1, -0.05) is 48.6 Å². The molecular formula is C29H31NO4. The molecule has 2 aliphatic heterocycles. The van der Waals surface area contributed by atoms with Gasteiger partial charge in [0.15, 0.2) is 11.5 Å². The first-order valence-electron chi connectivity index (χ1n) is 12.5. The molecule has 0 amide bonds. The Hall–Kier alpha value is -2.63. The number of carbonyl (C=O) groups is 1. The Bertz CT molecular complexity index is 1190. The highest BCUT2D eigenvalue weighted by Gasteiger charge is 2.78. The Labute approximate surface area is 200 Å². The number of piperidine rings is 1. The quantitative estimate of drug-likeness (QED) is 0.483. The van der Waals surface area contributed by atoms with Crippen molar-refractivity contribution in [2.75, 3.05) is 20.7 Å². The van der Waals surface area contributed by atoms with E-state index in [1.807, 2.05) is 18.2 Å². The van der Waals surface area contributed by atoms with E-state index in [1.54, 1.807) is 7.11 Å². The maximum Gasteiger partial charge on any atom is 0.166 e. The number of hydrogen-bond acceptors (Lipinski definition) is 5. The van der Waals surface area contributed by atoms with Crippen molar-refractivity contribution in [2.24, 2.45) is 11.3 Å². The lowest BCUT2D eigenvalue weighted by molar-refractivity contribution is -0.214. The summed E-state index contributed by atoms with van der Waals surface area (Å²) in [6, 6.07) is 15.0. The molecule has 4 bridgehead atoms. The van der Waals surface area contributed by atoms with Crippen molar-refractivity contribution in [1.82, 2.24) is 4.90 Å². The van der Waals surface area contributed by atoms with Crippen LogP contribution in [0.4, 0.5) is 0 Å². The zero-order valence-electron chi connectivity index (χ0n) is 19.8. The Balaban J connectivity index is 1.41. The summed E-state index contributed by atoms with van der Waals surface area (Å²) in [5.41, 5.74) is 3.05. The van der Waals surface area contributed by atoms with Gasteiger partial charge >= 0.3 is 0 Å². The molecular weight excluding hydrogens is 426 g/mol. The van der Waals surface area contributed by atoms with Crippen molar-refractivity contribution in [3.8, 4) is 11.5 Å². The fourth-order valence-electron chi connectivity index (χ4n) is 8.42. The van der Waals surface area contributed by atoms with Crippen molar-refractivity contribution in [2.45, 2.75) is 55.5 Å². The highest BCUT2D eigenvalue weighted by atomic mass is 16.6. The molecule has 2 aromatic rings. The Morgan fingerprint density at radius 1 is 1.18 bits per heavy atom. The van der Waals surface area contributed by atoms with Crippen LogP contribution in [0.3, 0.4) is 0 Å². The van der Waals surface area contributed by atoms with Gasteiger partial charge in [0, 0.05) is 36.5 Å². The van der Waals surface area contributed by atoms with Crippen molar-refractivity contribution in [3.05, 3.63) is 71.3 Å². The van der Waals surface area contributed by atoms with Crippen molar-refractivity contribution < 1.29 is 19.0 Å². The van der Waals surface area contributed by atoms with Gasteiger partial charge in [0.1, 0.15) is 24.6 Å². The fraction of sp³-hybridized carbons (Fsp3) is 0.483. The number of nitrogens with zero attached hydrogens (tertiary/aromatic N) is 1. The van der Waals surface area contributed by atoms with Gasteiger partial charge in [0.2, 0.25) is 0 Å². The zero-order chi connectivity index (χ0) is 23.1.